The summed E-state index contributed by atoms with van der Waals surface area (Å²) in [5.41, 5.74) is 1.19. The lowest BCUT2D eigenvalue weighted by Gasteiger charge is -2.12. The number of carbonyl (C=O) groups excluding carboxylic acids is 1. The number of ether oxygens (including phenoxy) is 1. The zero-order valence-corrected chi connectivity index (χ0v) is 14.8. The van der Waals surface area contributed by atoms with E-state index in [0.29, 0.717) is 16.5 Å². The molecule has 0 aromatic heterocycles. The Hall–Kier alpha value is -2.19. The Balaban J connectivity index is 2.27. The van der Waals surface area contributed by atoms with Crippen molar-refractivity contribution < 1.29 is 26.7 Å². The van der Waals surface area contributed by atoms with E-state index < -0.39 is 26.4 Å². The lowest BCUT2D eigenvalue weighted by Crippen LogP contribution is -2.14. The molecule has 2 aromatic rings. The number of nitrogens with one attached hydrogen (secondary N) is 1. The van der Waals surface area contributed by atoms with Gasteiger partial charge in [-0.25, -0.2) is 8.42 Å². The van der Waals surface area contributed by atoms with Crippen LogP contribution in [0.1, 0.15) is 15.9 Å². The minimum Gasteiger partial charge on any atom is -0.495 e. The van der Waals surface area contributed by atoms with Crippen LogP contribution in [0.4, 0.5) is 14.5 Å². The second kappa shape index (κ2) is 7.37. The Labute approximate surface area is 148 Å². The Morgan fingerprint density at radius 2 is 1.80 bits per heavy atom. The molecule has 0 unspecified atom stereocenters. The van der Waals surface area contributed by atoms with Crippen molar-refractivity contribution in [3.63, 3.8) is 0 Å². The van der Waals surface area contributed by atoms with Crippen molar-refractivity contribution in [2.24, 2.45) is 0 Å². The van der Waals surface area contributed by atoms with Gasteiger partial charge in [-0.15, -0.1) is 0 Å². The highest BCUT2D eigenvalue weighted by atomic mass is 35.5. The molecule has 0 aliphatic carbocycles. The summed E-state index contributed by atoms with van der Waals surface area (Å²) in [7, 11) is -3.28. The summed E-state index contributed by atoms with van der Waals surface area (Å²) < 4.78 is 52.9. The number of carbonyl (C=O) groups is 1. The Bertz CT molecular complexity index is 899. The Morgan fingerprint density at radius 3 is 2.32 bits per heavy atom. The molecule has 9 heteroatoms. The van der Waals surface area contributed by atoms with E-state index in [1.165, 1.54) is 7.11 Å². The smallest absolute Gasteiger partial charge is 0.341 e. The molecule has 2 rings (SSSR count). The van der Waals surface area contributed by atoms with Gasteiger partial charge in [0.2, 0.25) is 9.84 Å². The maximum absolute atomic E-state index is 12.5. The fraction of sp³-hybridized carbons (Fsp3) is 0.188. The molecule has 0 atom stereocenters. The van der Waals surface area contributed by atoms with Gasteiger partial charge in [-0.1, -0.05) is 11.6 Å². The zero-order chi connectivity index (χ0) is 18.8. The van der Waals surface area contributed by atoms with E-state index in [0.717, 1.165) is 29.8 Å². The average Bonchev–Trinajstić information content (AvgIpc) is 2.57. The highest BCUT2D eigenvalue weighted by Gasteiger charge is 2.26. The van der Waals surface area contributed by atoms with Crippen molar-refractivity contribution in [2.75, 3.05) is 12.4 Å². The van der Waals surface area contributed by atoms with Gasteiger partial charge in [0.25, 0.3) is 5.91 Å². The van der Waals surface area contributed by atoms with Gasteiger partial charge in [0.05, 0.1) is 17.7 Å². The molecule has 0 fully saturated rings. The zero-order valence-electron chi connectivity index (χ0n) is 13.2. The van der Waals surface area contributed by atoms with E-state index in [9.17, 15) is 22.0 Å². The minimum atomic E-state index is -4.70. The minimum absolute atomic E-state index is 0.0999. The number of alkyl halides is 2. The van der Waals surface area contributed by atoms with E-state index in [1.54, 1.807) is 19.1 Å². The molecule has 0 aliphatic heterocycles. The maximum Gasteiger partial charge on any atom is 0.341 e. The van der Waals surface area contributed by atoms with E-state index in [2.05, 4.69) is 5.32 Å². The summed E-state index contributed by atoms with van der Waals surface area (Å²) >= 11 is 5.99. The second-order valence-corrected chi connectivity index (χ2v) is 7.41. The van der Waals surface area contributed by atoms with Crippen LogP contribution in [-0.4, -0.2) is 27.2 Å². The van der Waals surface area contributed by atoms with Gasteiger partial charge < -0.3 is 10.1 Å². The third kappa shape index (κ3) is 4.08. The van der Waals surface area contributed by atoms with Crippen LogP contribution in [0.5, 0.6) is 5.75 Å². The standard InChI is InChI=1S/C16H14ClF2NO4S/c1-9-7-13(14(24-2)8-12(9)17)20-15(21)10-3-5-11(6-4-10)25(22,23)16(18)19/h3-8,16H,1-2H3,(H,20,21). The number of anilines is 1. The molecule has 1 amide bonds. The highest BCUT2D eigenvalue weighted by Crippen LogP contribution is 2.31. The first-order chi connectivity index (χ1) is 11.7. The van der Waals surface area contributed by atoms with E-state index in [4.69, 9.17) is 16.3 Å². The molecular formula is C16H14ClF2NO4S. The molecule has 1 N–H and O–H groups in total. The largest absolute Gasteiger partial charge is 0.495 e. The topological polar surface area (TPSA) is 72.5 Å². The predicted octanol–water partition coefficient (Wildman–Crippen LogP) is 3.91. The van der Waals surface area contributed by atoms with Crippen LogP contribution in [0.3, 0.4) is 0 Å². The maximum atomic E-state index is 12.5. The van der Waals surface area contributed by atoms with Gasteiger partial charge in [-0.2, -0.15) is 8.78 Å². The molecule has 134 valence electrons. The number of hydrogen-bond acceptors (Lipinski definition) is 4. The summed E-state index contributed by atoms with van der Waals surface area (Å²) in [6.45, 7) is 1.75. The first kappa shape index (κ1) is 19.1. The normalized spacial score (nSPS) is 11.4. The number of amides is 1. The molecule has 0 radical (unpaired) electrons. The average molecular weight is 390 g/mol. The molecule has 0 aliphatic rings. The van der Waals surface area contributed by atoms with Crippen LogP contribution in [0, 0.1) is 6.92 Å². The molecular weight excluding hydrogens is 376 g/mol. The number of methoxy groups -OCH3 is 1. The summed E-state index contributed by atoms with van der Waals surface area (Å²) in [5.74, 6) is -3.73. The molecule has 0 bridgehead atoms. The SMILES string of the molecule is COc1cc(Cl)c(C)cc1NC(=O)c1ccc(S(=O)(=O)C(F)F)cc1. The Morgan fingerprint density at radius 1 is 1.20 bits per heavy atom. The number of rotatable bonds is 5. The van der Waals surface area contributed by atoms with E-state index >= 15 is 0 Å². The third-order valence-electron chi connectivity index (χ3n) is 3.41. The lowest BCUT2D eigenvalue weighted by molar-refractivity contribution is 0.102. The summed E-state index contributed by atoms with van der Waals surface area (Å²) in [6.07, 6.45) is 0. The second-order valence-electron chi connectivity index (χ2n) is 5.09. The number of benzene rings is 2. The van der Waals surface area contributed by atoms with E-state index in [1.807, 2.05) is 0 Å². The van der Waals surface area contributed by atoms with Crippen LogP contribution in [0.25, 0.3) is 0 Å². The highest BCUT2D eigenvalue weighted by molar-refractivity contribution is 7.91. The fourth-order valence-electron chi connectivity index (χ4n) is 2.02. The van der Waals surface area contributed by atoms with Crippen LogP contribution in [-0.2, 0) is 9.84 Å². The van der Waals surface area contributed by atoms with Crippen molar-refractivity contribution in [2.45, 2.75) is 17.6 Å². The molecule has 0 heterocycles. The summed E-state index contributed by atoms with van der Waals surface area (Å²) in [6, 6.07) is 7.39. The molecule has 0 saturated carbocycles. The first-order valence-electron chi connectivity index (χ1n) is 6.94. The van der Waals surface area contributed by atoms with Crippen molar-refractivity contribution in [3.8, 4) is 5.75 Å². The number of halogens is 3. The number of aryl methyl sites for hydroxylation is 1. The Kier molecular flexibility index (Phi) is 5.64. The molecule has 0 saturated heterocycles. The van der Waals surface area contributed by atoms with Gasteiger partial charge in [0.15, 0.2) is 0 Å². The van der Waals surface area contributed by atoms with Crippen LogP contribution < -0.4 is 10.1 Å². The van der Waals surface area contributed by atoms with Gasteiger partial charge in [-0.05, 0) is 42.8 Å². The summed E-state index contributed by atoms with van der Waals surface area (Å²) in [5, 5.41) is 3.08. The summed E-state index contributed by atoms with van der Waals surface area (Å²) in [4.78, 5) is 11.7. The van der Waals surface area contributed by atoms with Crippen molar-refractivity contribution in [1.82, 2.24) is 0 Å². The van der Waals surface area contributed by atoms with Crippen LogP contribution in [0.2, 0.25) is 5.02 Å². The number of sulfone groups is 1. The van der Waals surface area contributed by atoms with Crippen molar-refractivity contribution in [3.05, 3.63) is 52.5 Å². The van der Waals surface area contributed by atoms with Crippen LogP contribution in [0.15, 0.2) is 41.3 Å². The molecule has 5 nitrogen and oxygen atoms in total. The van der Waals surface area contributed by atoms with Gasteiger partial charge in [0.1, 0.15) is 5.75 Å². The van der Waals surface area contributed by atoms with Crippen LogP contribution >= 0.6 is 11.6 Å². The molecule has 2 aromatic carbocycles. The molecule has 25 heavy (non-hydrogen) atoms. The monoisotopic (exact) mass is 389 g/mol. The lowest BCUT2D eigenvalue weighted by atomic mass is 10.1. The van der Waals surface area contributed by atoms with Gasteiger partial charge >= 0.3 is 5.76 Å². The van der Waals surface area contributed by atoms with Gasteiger partial charge in [-0.3, -0.25) is 4.79 Å². The predicted molar refractivity (Wildman–Crippen MR) is 90.3 cm³/mol. The fourth-order valence-corrected chi connectivity index (χ4v) is 2.90. The first-order valence-corrected chi connectivity index (χ1v) is 8.87. The van der Waals surface area contributed by atoms with Gasteiger partial charge in [0, 0.05) is 16.7 Å². The van der Waals surface area contributed by atoms with E-state index in [-0.39, 0.29) is 5.56 Å². The van der Waals surface area contributed by atoms with Crippen molar-refractivity contribution in [1.29, 1.82) is 0 Å². The quantitative estimate of drug-likeness (QED) is 0.841. The van der Waals surface area contributed by atoms with Crippen molar-refractivity contribution >= 4 is 33.0 Å². The number of hydrogen-bond donors (Lipinski definition) is 1. The molecule has 0 spiro atoms. The third-order valence-corrected chi connectivity index (χ3v) is 5.21.